The Kier molecular flexibility index (Phi) is 6.59. The molecule has 0 saturated carbocycles. The lowest BCUT2D eigenvalue weighted by molar-refractivity contribution is 0.102. The van der Waals surface area contributed by atoms with Crippen molar-refractivity contribution < 1.29 is 13.9 Å². The van der Waals surface area contributed by atoms with Gasteiger partial charge < -0.3 is 19.0 Å². The molecule has 0 saturated heterocycles. The Labute approximate surface area is 199 Å². The van der Waals surface area contributed by atoms with Crippen LogP contribution in [0.15, 0.2) is 69.6 Å². The summed E-state index contributed by atoms with van der Waals surface area (Å²) in [7, 11) is 0. The Bertz CT molecular complexity index is 1340. The number of hydrogen-bond donors (Lipinski definition) is 0. The van der Waals surface area contributed by atoms with E-state index in [1.165, 1.54) is 0 Å². The van der Waals surface area contributed by atoms with E-state index < -0.39 is 11.4 Å². The summed E-state index contributed by atoms with van der Waals surface area (Å²) in [4.78, 5) is 30.5. The van der Waals surface area contributed by atoms with Crippen molar-refractivity contribution in [1.29, 1.82) is 0 Å². The molecule has 3 aromatic rings. The smallest absolute Gasteiger partial charge is 0.347 e. The monoisotopic (exact) mass is 458 g/mol. The lowest BCUT2D eigenvalue weighted by atomic mass is 9.97. The number of allylic oxidation sites excluding steroid dienone is 1. The van der Waals surface area contributed by atoms with Gasteiger partial charge in [-0.15, -0.1) is 0 Å². The van der Waals surface area contributed by atoms with E-state index in [1.807, 2.05) is 36.4 Å². The van der Waals surface area contributed by atoms with Crippen LogP contribution in [0.25, 0.3) is 17.0 Å². The molecule has 0 unspecified atom stereocenters. The molecular weight excluding hydrogens is 428 g/mol. The molecule has 1 aliphatic rings. The van der Waals surface area contributed by atoms with E-state index in [9.17, 15) is 9.59 Å². The molecular formula is C28H30N2O4. The standard InChI is InChI=1S/C28H30N2O4/c1-6-29(7-2)21-12-10-19-14-23(18(5)33-25(19)16-21)27(31)24-15-20-11-13-22(30(8-3)9-4)17-26(20)34-28(24)32/h10-17H,5-9H2,1-4H3. The maximum Gasteiger partial charge on any atom is 0.347 e. The lowest BCUT2D eigenvalue weighted by Crippen LogP contribution is -2.22. The molecule has 0 radical (unpaired) electrons. The maximum absolute atomic E-state index is 13.3. The number of Topliss-reactive ketones (excluding diaryl/α,β-unsaturated/α-hetero) is 1. The summed E-state index contributed by atoms with van der Waals surface area (Å²) >= 11 is 0. The first-order chi connectivity index (χ1) is 16.4. The Morgan fingerprint density at radius 2 is 1.50 bits per heavy atom. The third-order valence-corrected chi connectivity index (χ3v) is 6.30. The number of rotatable bonds is 8. The van der Waals surface area contributed by atoms with Crippen LogP contribution >= 0.6 is 0 Å². The first-order valence-corrected chi connectivity index (χ1v) is 11.7. The van der Waals surface area contributed by atoms with Gasteiger partial charge in [-0.1, -0.05) is 6.58 Å². The van der Waals surface area contributed by atoms with Crippen molar-refractivity contribution in [2.45, 2.75) is 27.7 Å². The molecule has 1 aromatic heterocycles. The van der Waals surface area contributed by atoms with Gasteiger partial charge >= 0.3 is 5.63 Å². The minimum atomic E-state index is -0.675. The molecule has 0 amide bonds. The summed E-state index contributed by atoms with van der Waals surface area (Å²) < 4.78 is 11.5. The van der Waals surface area contributed by atoms with Gasteiger partial charge in [-0.2, -0.15) is 0 Å². The quantitative estimate of drug-likeness (QED) is 0.321. The van der Waals surface area contributed by atoms with Gasteiger partial charge in [0.25, 0.3) is 0 Å². The predicted molar refractivity (Wildman–Crippen MR) is 138 cm³/mol. The largest absolute Gasteiger partial charge is 0.457 e. The summed E-state index contributed by atoms with van der Waals surface area (Å²) in [6, 6.07) is 13.1. The molecule has 176 valence electrons. The molecule has 1 aliphatic heterocycles. The highest BCUT2D eigenvalue weighted by Crippen LogP contribution is 2.35. The number of carbonyl (C=O) groups excluding carboxylic acids is 1. The highest BCUT2D eigenvalue weighted by Gasteiger charge is 2.26. The van der Waals surface area contributed by atoms with Crippen LogP contribution < -0.4 is 20.2 Å². The number of ketones is 1. The number of nitrogens with zero attached hydrogens (tertiary/aromatic N) is 2. The molecule has 0 atom stereocenters. The van der Waals surface area contributed by atoms with E-state index in [1.54, 1.807) is 12.1 Å². The van der Waals surface area contributed by atoms with E-state index in [4.69, 9.17) is 9.15 Å². The number of anilines is 2. The van der Waals surface area contributed by atoms with Crippen molar-refractivity contribution in [2.24, 2.45) is 0 Å². The number of hydrogen-bond acceptors (Lipinski definition) is 6. The Hall–Kier alpha value is -3.80. The van der Waals surface area contributed by atoms with Crippen LogP contribution in [-0.2, 0) is 0 Å². The van der Waals surface area contributed by atoms with Crippen LogP contribution in [0.4, 0.5) is 11.4 Å². The van der Waals surface area contributed by atoms with Crippen LogP contribution in [-0.4, -0.2) is 32.0 Å². The summed E-state index contributed by atoms with van der Waals surface area (Å²) in [5.74, 6) is 0.387. The van der Waals surface area contributed by atoms with Gasteiger partial charge in [0.05, 0.1) is 5.57 Å². The number of fused-ring (bicyclic) bond motifs is 2. The second kappa shape index (κ2) is 9.59. The zero-order valence-corrected chi connectivity index (χ0v) is 20.2. The number of benzene rings is 2. The van der Waals surface area contributed by atoms with Crippen LogP contribution in [0.1, 0.15) is 43.6 Å². The highest BCUT2D eigenvalue weighted by atomic mass is 16.5. The second-order valence-electron chi connectivity index (χ2n) is 8.15. The summed E-state index contributed by atoms with van der Waals surface area (Å²) in [5.41, 5.74) is 2.76. The molecule has 6 nitrogen and oxygen atoms in total. The fourth-order valence-corrected chi connectivity index (χ4v) is 4.32. The minimum absolute atomic E-state index is 0.0395. The number of carbonyl (C=O) groups is 1. The summed E-state index contributed by atoms with van der Waals surface area (Å²) in [6.07, 6.45) is 1.72. The van der Waals surface area contributed by atoms with Crippen molar-refractivity contribution in [3.05, 3.63) is 81.9 Å². The Morgan fingerprint density at radius 3 is 2.15 bits per heavy atom. The molecule has 2 aromatic carbocycles. The second-order valence-corrected chi connectivity index (χ2v) is 8.15. The van der Waals surface area contributed by atoms with Crippen molar-refractivity contribution in [2.75, 3.05) is 36.0 Å². The topological polar surface area (TPSA) is 63.0 Å². The molecule has 34 heavy (non-hydrogen) atoms. The van der Waals surface area contributed by atoms with Crippen molar-refractivity contribution in [1.82, 2.24) is 0 Å². The zero-order chi connectivity index (χ0) is 24.4. The van der Waals surface area contributed by atoms with Gasteiger partial charge in [0.2, 0.25) is 5.78 Å². The fourth-order valence-electron chi connectivity index (χ4n) is 4.32. The van der Waals surface area contributed by atoms with Gasteiger partial charge in [-0.05, 0) is 64.1 Å². The minimum Gasteiger partial charge on any atom is -0.457 e. The van der Waals surface area contributed by atoms with Gasteiger partial charge in [0.15, 0.2) is 0 Å². The third kappa shape index (κ3) is 4.23. The third-order valence-electron chi connectivity index (χ3n) is 6.30. The molecule has 2 heterocycles. The molecule has 6 heteroatoms. The molecule has 0 bridgehead atoms. The van der Waals surface area contributed by atoms with Crippen molar-refractivity contribution in [3.63, 3.8) is 0 Å². The van der Waals surface area contributed by atoms with E-state index in [2.05, 4.69) is 44.1 Å². The molecule has 0 aliphatic carbocycles. The fraction of sp³-hybridized carbons (Fsp3) is 0.286. The van der Waals surface area contributed by atoms with Gasteiger partial charge in [0.1, 0.15) is 22.7 Å². The van der Waals surface area contributed by atoms with Crippen LogP contribution in [0.5, 0.6) is 5.75 Å². The van der Waals surface area contributed by atoms with E-state index in [0.717, 1.165) is 43.1 Å². The first-order valence-electron chi connectivity index (χ1n) is 11.7. The normalized spacial score (nSPS) is 12.7. The van der Waals surface area contributed by atoms with Gasteiger partial charge in [-0.25, -0.2) is 4.79 Å². The van der Waals surface area contributed by atoms with Gasteiger partial charge in [-0.3, -0.25) is 4.79 Å². The van der Waals surface area contributed by atoms with Crippen molar-refractivity contribution >= 4 is 34.2 Å². The zero-order valence-electron chi connectivity index (χ0n) is 20.2. The predicted octanol–water partition coefficient (Wildman–Crippen LogP) is 5.66. The van der Waals surface area contributed by atoms with Gasteiger partial charge in [0, 0.05) is 60.6 Å². The van der Waals surface area contributed by atoms with E-state index in [-0.39, 0.29) is 16.9 Å². The Balaban J connectivity index is 1.70. The average molecular weight is 459 g/mol. The van der Waals surface area contributed by atoms with E-state index in [0.29, 0.717) is 16.7 Å². The molecule has 4 rings (SSSR count). The van der Waals surface area contributed by atoms with Crippen LogP contribution in [0.2, 0.25) is 0 Å². The number of ether oxygens (including phenoxy) is 1. The summed E-state index contributed by atoms with van der Waals surface area (Å²) in [6.45, 7) is 15.7. The SMILES string of the molecule is C=C1Oc2cc(N(CC)CC)ccc2C=C1C(=O)c1cc2ccc(N(CC)CC)cc2oc1=O. The Morgan fingerprint density at radius 1 is 0.882 bits per heavy atom. The molecule has 0 N–H and O–H groups in total. The average Bonchev–Trinajstić information content (AvgIpc) is 2.84. The highest BCUT2D eigenvalue weighted by molar-refractivity contribution is 6.15. The molecule has 0 fully saturated rings. The lowest BCUT2D eigenvalue weighted by Gasteiger charge is -2.24. The maximum atomic E-state index is 13.3. The first kappa shape index (κ1) is 23.4. The van der Waals surface area contributed by atoms with E-state index >= 15 is 0 Å². The van der Waals surface area contributed by atoms with Crippen LogP contribution in [0.3, 0.4) is 0 Å². The summed E-state index contributed by atoms with van der Waals surface area (Å²) in [5, 5.41) is 0.686. The molecule has 0 spiro atoms. The van der Waals surface area contributed by atoms with Crippen LogP contribution in [0, 0.1) is 0 Å². The van der Waals surface area contributed by atoms with Crippen molar-refractivity contribution in [3.8, 4) is 5.75 Å².